The fourth-order valence-electron chi connectivity index (χ4n) is 4.29. The van der Waals surface area contributed by atoms with Crippen LogP contribution in [0, 0.1) is 31.6 Å². The standard InChI is InChI=1S/C28H46O4/c1-20-19-23(15-11-8-9-13-17-27(4,5)25(29)30)24(22(3)21(20)2)16-12-10-14-18-28(6,7)26(31)32/h19H,8-18H2,1-7H3,(H,29,30)(H,31,32). The van der Waals surface area contributed by atoms with E-state index >= 15 is 0 Å². The van der Waals surface area contributed by atoms with Gasteiger partial charge in [0.25, 0.3) is 0 Å². The summed E-state index contributed by atoms with van der Waals surface area (Å²) >= 11 is 0. The number of unbranched alkanes of at least 4 members (excludes halogenated alkanes) is 5. The molecule has 0 amide bonds. The van der Waals surface area contributed by atoms with Gasteiger partial charge in [-0.2, -0.15) is 0 Å². The van der Waals surface area contributed by atoms with Crippen LogP contribution < -0.4 is 0 Å². The van der Waals surface area contributed by atoms with E-state index in [-0.39, 0.29) is 0 Å². The Morgan fingerprint density at radius 3 is 1.62 bits per heavy atom. The van der Waals surface area contributed by atoms with Crippen molar-refractivity contribution in [3.05, 3.63) is 33.9 Å². The van der Waals surface area contributed by atoms with Gasteiger partial charge in [0.15, 0.2) is 0 Å². The molecule has 32 heavy (non-hydrogen) atoms. The lowest BCUT2D eigenvalue weighted by molar-refractivity contribution is -0.148. The van der Waals surface area contributed by atoms with Crippen molar-refractivity contribution in [1.29, 1.82) is 0 Å². The molecule has 0 fully saturated rings. The van der Waals surface area contributed by atoms with Gasteiger partial charge in [-0.05, 0) is 115 Å². The Labute approximate surface area is 195 Å². The third kappa shape index (κ3) is 8.60. The highest BCUT2D eigenvalue weighted by atomic mass is 16.4. The molecule has 0 spiro atoms. The smallest absolute Gasteiger partial charge is 0.309 e. The summed E-state index contributed by atoms with van der Waals surface area (Å²) in [5.74, 6) is -1.42. The zero-order chi connectivity index (χ0) is 24.5. The van der Waals surface area contributed by atoms with Gasteiger partial charge < -0.3 is 10.2 Å². The molecule has 0 bridgehead atoms. The van der Waals surface area contributed by atoms with Crippen molar-refractivity contribution in [1.82, 2.24) is 0 Å². The third-order valence-electron chi connectivity index (χ3n) is 7.27. The van der Waals surface area contributed by atoms with E-state index in [1.165, 1.54) is 27.8 Å². The molecule has 0 saturated carbocycles. The number of carboxylic acid groups (broad SMARTS) is 2. The van der Waals surface area contributed by atoms with Crippen LogP contribution >= 0.6 is 0 Å². The van der Waals surface area contributed by atoms with Crippen LogP contribution in [0.25, 0.3) is 0 Å². The molecule has 0 saturated heterocycles. The van der Waals surface area contributed by atoms with Gasteiger partial charge in [-0.1, -0.05) is 38.2 Å². The second-order valence-electron chi connectivity index (χ2n) is 10.9. The summed E-state index contributed by atoms with van der Waals surface area (Å²) in [5, 5.41) is 18.5. The lowest BCUT2D eigenvalue weighted by Gasteiger charge is -2.20. The molecule has 0 heterocycles. The van der Waals surface area contributed by atoms with Crippen LogP contribution in [-0.4, -0.2) is 22.2 Å². The summed E-state index contributed by atoms with van der Waals surface area (Å²) in [6.45, 7) is 13.9. The Morgan fingerprint density at radius 2 is 1.12 bits per heavy atom. The number of carboxylic acids is 2. The second-order valence-corrected chi connectivity index (χ2v) is 10.9. The number of aliphatic carboxylic acids is 2. The molecule has 1 aromatic carbocycles. The summed E-state index contributed by atoms with van der Waals surface area (Å²) in [7, 11) is 0. The SMILES string of the molecule is Cc1cc(CCCCCCC(C)(C)C(=O)O)c(CCCCCC(C)(C)C(=O)O)c(C)c1C. The Kier molecular flexibility index (Phi) is 10.9. The van der Waals surface area contributed by atoms with Crippen molar-refractivity contribution in [2.75, 3.05) is 0 Å². The first-order valence-electron chi connectivity index (χ1n) is 12.3. The van der Waals surface area contributed by atoms with Crippen molar-refractivity contribution in [3.63, 3.8) is 0 Å². The third-order valence-corrected chi connectivity index (χ3v) is 7.27. The first-order valence-corrected chi connectivity index (χ1v) is 12.3. The molecule has 4 heteroatoms. The summed E-state index contributed by atoms with van der Waals surface area (Å²) < 4.78 is 0. The molecular formula is C28H46O4. The molecule has 0 unspecified atom stereocenters. The monoisotopic (exact) mass is 446 g/mol. The predicted molar refractivity (Wildman–Crippen MR) is 132 cm³/mol. The maximum absolute atomic E-state index is 11.3. The average molecular weight is 447 g/mol. The van der Waals surface area contributed by atoms with Crippen molar-refractivity contribution in [2.45, 2.75) is 119 Å². The van der Waals surface area contributed by atoms with Gasteiger partial charge in [-0.3, -0.25) is 9.59 Å². The number of carbonyl (C=O) groups is 2. The minimum absolute atomic E-state index is 0.627. The van der Waals surface area contributed by atoms with E-state index in [0.717, 1.165) is 70.6 Å². The molecule has 182 valence electrons. The zero-order valence-corrected chi connectivity index (χ0v) is 21.6. The highest BCUT2D eigenvalue weighted by Gasteiger charge is 2.26. The van der Waals surface area contributed by atoms with E-state index in [1.807, 2.05) is 27.7 Å². The quantitative estimate of drug-likeness (QED) is 0.275. The fraction of sp³-hybridized carbons (Fsp3) is 0.714. The topological polar surface area (TPSA) is 74.6 Å². The molecule has 0 aliphatic heterocycles. The molecule has 0 aromatic heterocycles. The number of benzene rings is 1. The molecule has 4 nitrogen and oxygen atoms in total. The Balaban J connectivity index is 2.59. The van der Waals surface area contributed by atoms with Gasteiger partial charge in [0.1, 0.15) is 0 Å². The normalized spacial score (nSPS) is 12.2. The van der Waals surface area contributed by atoms with E-state index in [9.17, 15) is 19.8 Å². The van der Waals surface area contributed by atoms with Crippen molar-refractivity contribution >= 4 is 11.9 Å². The Hall–Kier alpha value is -1.84. The van der Waals surface area contributed by atoms with E-state index in [4.69, 9.17) is 0 Å². The van der Waals surface area contributed by atoms with Crippen LogP contribution in [-0.2, 0) is 22.4 Å². The van der Waals surface area contributed by atoms with Gasteiger partial charge in [-0.15, -0.1) is 0 Å². The lowest BCUT2D eigenvalue weighted by atomic mass is 9.85. The molecule has 0 radical (unpaired) electrons. The molecule has 0 atom stereocenters. The number of rotatable bonds is 15. The lowest BCUT2D eigenvalue weighted by Crippen LogP contribution is -2.23. The molecular weight excluding hydrogens is 400 g/mol. The van der Waals surface area contributed by atoms with Crippen LogP contribution in [0.4, 0.5) is 0 Å². The molecule has 1 rings (SSSR count). The van der Waals surface area contributed by atoms with E-state index < -0.39 is 22.8 Å². The van der Waals surface area contributed by atoms with E-state index in [1.54, 1.807) is 0 Å². The van der Waals surface area contributed by atoms with Gasteiger partial charge in [0.2, 0.25) is 0 Å². The fourth-order valence-corrected chi connectivity index (χ4v) is 4.29. The van der Waals surface area contributed by atoms with Gasteiger partial charge in [0.05, 0.1) is 10.8 Å². The van der Waals surface area contributed by atoms with Crippen LogP contribution in [0.15, 0.2) is 6.07 Å². The Morgan fingerprint density at radius 1 is 0.688 bits per heavy atom. The second kappa shape index (κ2) is 12.4. The number of hydrogen-bond acceptors (Lipinski definition) is 2. The minimum Gasteiger partial charge on any atom is -0.481 e. The van der Waals surface area contributed by atoms with Crippen molar-refractivity contribution in [2.24, 2.45) is 10.8 Å². The van der Waals surface area contributed by atoms with E-state index in [2.05, 4.69) is 26.8 Å². The van der Waals surface area contributed by atoms with Crippen molar-refractivity contribution in [3.8, 4) is 0 Å². The molecule has 0 aliphatic carbocycles. The molecule has 0 aliphatic rings. The summed E-state index contributed by atoms with van der Waals surface area (Å²) in [6.07, 6.45) is 11.0. The maximum Gasteiger partial charge on any atom is 0.309 e. The zero-order valence-electron chi connectivity index (χ0n) is 21.6. The largest absolute Gasteiger partial charge is 0.481 e. The number of aryl methyl sites for hydroxylation is 2. The molecule has 2 N–H and O–H groups in total. The summed E-state index contributed by atoms with van der Waals surface area (Å²) in [4.78, 5) is 22.5. The van der Waals surface area contributed by atoms with Crippen LogP contribution in [0.3, 0.4) is 0 Å². The maximum atomic E-state index is 11.3. The minimum atomic E-state index is -0.712. The predicted octanol–water partition coefficient (Wildman–Crippen LogP) is 7.43. The van der Waals surface area contributed by atoms with Crippen molar-refractivity contribution < 1.29 is 19.8 Å². The van der Waals surface area contributed by atoms with Gasteiger partial charge in [0, 0.05) is 0 Å². The number of hydrogen-bond donors (Lipinski definition) is 2. The van der Waals surface area contributed by atoms with Gasteiger partial charge >= 0.3 is 11.9 Å². The van der Waals surface area contributed by atoms with E-state index in [0.29, 0.717) is 0 Å². The highest BCUT2D eigenvalue weighted by molar-refractivity contribution is 5.73. The Bertz CT molecular complexity index is 774. The van der Waals surface area contributed by atoms with Crippen LogP contribution in [0.5, 0.6) is 0 Å². The first kappa shape index (κ1) is 28.2. The first-order chi connectivity index (χ1) is 14.8. The van der Waals surface area contributed by atoms with Crippen LogP contribution in [0.2, 0.25) is 0 Å². The van der Waals surface area contributed by atoms with Gasteiger partial charge in [-0.25, -0.2) is 0 Å². The highest BCUT2D eigenvalue weighted by Crippen LogP contribution is 2.28. The average Bonchev–Trinajstić information content (AvgIpc) is 2.70. The summed E-state index contributed by atoms with van der Waals surface area (Å²) in [6, 6.07) is 2.36. The summed E-state index contributed by atoms with van der Waals surface area (Å²) in [5.41, 5.74) is 5.83. The van der Waals surface area contributed by atoms with Crippen LogP contribution in [0.1, 0.15) is 113 Å². The molecule has 1 aromatic rings.